The number of hydrogen-bond acceptors (Lipinski definition) is 9. The number of rotatable bonds is 12. The van der Waals surface area contributed by atoms with Crippen LogP contribution in [0.4, 0.5) is 0 Å². The third kappa shape index (κ3) is 8.68. The fourth-order valence-corrected chi connectivity index (χ4v) is 3.50. The highest BCUT2D eigenvalue weighted by molar-refractivity contribution is 5.96. The number of fused-ring (bicyclic) bond motifs is 1. The highest BCUT2D eigenvalue weighted by atomic mass is 16.5. The van der Waals surface area contributed by atoms with Gasteiger partial charge in [-0.15, -0.1) is 0 Å². The van der Waals surface area contributed by atoms with E-state index in [0.29, 0.717) is 28.7 Å². The first-order chi connectivity index (χ1) is 17.1. The van der Waals surface area contributed by atoms with Gasteiger partial charge < -0.3 is 24.3 Å². The quantitative estimate of drug-likeness (QED) is 0.344. The fourth-order valence-electron chi connectivity index (χ4n) is 3.50. The van der Waals surface area contributed by atoms with E-state index in [1.54, 1.807) is 38.1 Å². The van der Waals surface area contributed by atoms with Gasteiger partial charge in [0.25, 0.3) is 0 Å². The second-order valence-electron chi connectivity index (χ2n) is 7.84. The molecule has 1 N–H and O–H groups in total. The van der Waals surface area contributed by atoms with Crippen molar-refractivity contribution >= 4 is 40.6 Å². The average molecular weight is 502 g/mol. The molecule has 0 aliphatic heterocycles. The van der Waals surface area contributed by atoms with Crippen LogP contribution in [0.5, 0.6) is 11.5 Å². The molecule has 1 atom stereocenters. The second kappa shape index (κ2) is 13.8. The molecule has 36 heavy (non-hydrogen) atoms. The highest BCUT2D eigenvalue weighted by Crippen LogP contribution is 2.34. The molecule has 2 aromatic carbocycles. The van der Waals surface area contributed by atoms with Gasteiger partial charge in [-0.3, -0.25) is 19.2 Å². The zero-order valence-corrected chi connectivity index (χ0v) is 20.9. The van der Waals surface area contributed by atoms with Crippen molar-refractivity contribution in [1.82, 2.24) is 5.32 Å². The van der Waals surface area contributed by atoms with Gasteiger partial charge in [0.2, 0.25) is 5.91 Å². The van der Waals surface area contributed by atoms with E-state index in [4.69, 9.17) is 18.9 Å². The molecule has 0 unspecified atom stereocenters. The largest absolute Gasteiger partial charge is 0.466 e. The summed E-state index contributed by atoms with van der Waals surface area (Å²) in [6, 6.07) is 7.34. The maximum Gasteiger partial charge on any atom is 0.328 e. The molecule has 1 amide bonds. The standard InChI is InChI=1S/C26H31NO9/c1-5-33-25(31)14-10-21(26(32)34-6-2)27-24(30)13-8-18-7-9-19-20(15-18)23(36-17(4)29)12-11-22(19)35-16(3)28/h7,9,11-12,15,21H,5-6,8,10,13-14H2,1-4H3,(H,27,30)/t21-/m0/s1. The van der Waals surface area contributed by atoms with E-state index >= 15 is 0 Å². The molecular formula is C26H31NO9. The molecule has 0 radical (unpaired) electrons. The van der Waals surface area contributed by atoms with E-state index in [1.807, 2.05) is 0 Å². The first-order valence-electron chi connectivity index (χ1n) is 11.7. The van der Waals surface area contributed by atoms with Crippen LogP contribution in [0.1, 0.15) is 52.5 Å². The summed E-state index contributed by atoms with van der Waals surface area (Å²) < 4.78 is 20.4. The van der Waals surface area contributed by atoms with Crippen LogP contribution in [0, 0.1) is 0 Å². The highest BCUT2D eigenvalue weighted by Gasteiger charge is 2.23. The number of hydrogen-bond donors (Lipinski definition) is 1. The summed E-state index contributed by atoms with van der Waals surface area (Å²) in [5.41, 5.74) is 0.755. The Hall–Kier alpha value is -3.95. The van der Waals surface area contributed by atoms with Gasteiger partial charge in [0, 0.05) is 37.5 Å². The van der Waals surface area contributed by atoms with E-state index in [1.165, 1.54) is 19.9 Å². The molecule has 0 aromatic heterocycles. The number of benzene rings is 2. The van der Waals surface area contributed by atoms with E-state index < -0.39 is 35.8 Å². The minimum Gasteiger partial charge on any atom is -0.466 e. The topological polar surface area (TPSA) is 134 Å². The molecule has 0 aliphatic carbocycles. The van der Waals surface area contributed by atoms with Crippen LogP contribution in [-0.2, 0) is 39.9 Å². The summed E-state index contributed by atoms with van der Waals surface area (Å²) in [7, 11) is 0. The van der Waals surface area contributed by atoms with Crippen LogP contribution in [0.25, 0.3) is 10.8 Å². The summed E-state index contributed by atoms with van der Waals surface area (Å²) in [5, 5.41) is 3.74. The Balaban J connectivity index is 2.15. The molecule has 10 nitrogen and oxygen atoms in total. The Bertz CT molecular complexity index is 1130. The second-order valence-corrected chi connectivity index (χ2v) is 7.84. The molecule has 0 saturated heterocycles. The van der Waals surface area contributed by atoms with E-state index in [0.717, 1.165) is 5.56 Å². The van der Waals surface area contributed by atoms with Crippen LogP contribution in [-0.4, -0.2) is 49.0 Å². The normalized spacial score (nSPS) is 11.3. The SMILES string of the molecule is CCOC(=O)CC[C@H](NC(=O)CCc1ccc2c(OC(C)=O)ccc(OC(C)=O)c2c1)C(=O)OCC. The Morgan fingerprint density at radius 1 is 0.806 bits per heavy atom. The van der Waals surface area contributed by atoms with Crippen molar-refractivity contribution in [2.45, 2.75) is 59.4 Å². The smallest absolute Gasteiger partial charge is 0.328 e. The van der Waals surface area contributed by atoms with E-state index in [9.17, 15) is 24.0 Å². The monoisotopic (exact) mass is 501 g/mol. The molecule has 2 rings (SSSR count). The Morgan fingerprint density at radius 3 is 2.00 bits per heavy atom. The van der Waals surface area contributed by atoms with Crippen LogP contribution in [0.2, 0.25) is 0 Å². The molecule has 10 heteroatoms. The number of nitrogens with one attached hydrogen (secondary N) is 1. The van der Waals surface area contributed by atoms with Crippen LogP contribution in [0.3, 0.4) is 0 Å². The molecule has 2 aromatic rings. The van der Waals surface area contributed by atoms with E-state index in [-0.39, 0.29) is 32.5 Å². The third-order valence-corrected chi connectivity index (χ3v) is 5.00. The number of carbonyl (C=O) groups excluding carboxylic acids is 5. The van der Waals surface area contributed by atoms with Crippen LogP contribution < -0.4 is 14.8 Å². The number of aryl methyl sites for hydroxylation is 1. The van der Waals surface area contributed by atoms with Gasteiger partial charge in [0.15, 0.2) is 0 Å². The lowest BCUT2D eigenvalue weighted by atomic mass is 10.0. The van der Waals surface area contributed by atoms with Gasteiger partial charge in [-0.2, -0.15) is 0 Å². The van der Waals surface area contributed by atoms with E-state index in [2.05, 4.69) is 5.32 Å². The maximum absolute atomic E-state index is 12.6. The number of carbonyl (C=O) groups is 5. The summed E-state index contributed by atoms with van der Waals surface area (Å²) in [4.78, 5) is 59.5. The van der Waals surface area contributed by atoms with Gasteiger partial charge in [-0.1, -0.05) is 12.1 Å². The van der Waals surface area contributed by atoms with Crippen LogP contribution >= 0.6 is 0 Å². The molecule has 0 fully saturated rings. The number of ether oxygens (including phenoxy) is 4. The Morgan fingerprint density at radius 2 is 1.42 bits per heavy atom. The lowest BCUT2D eigenvalue weighted by Crippen LogP contribution is -2.42. The van der Waals surface area contributed by atoms with Crippen molar-refractivity contribution in [3.63, 3.8) is 0 Å². The number of esters is 4. The Labute approximate surface area is 209 Å². The number of amides is 1. The zero-order valence-electron chi connectivity index (χ0n) is 20.9. The minimum absolute atomic E-state index is 0.0358. The van der Waals surface area contributed by atoms with Gasteiger partial charge in [0.1, 0.15) is 17.5 Å². The lowest BCUT2D eigenvalue weighted by Gasteiger charge is -2.17. The van der Waals surface area contributed by atoms with Gasteiger partial charge >= 0.3 is 23.9 Å². The minimum atomic E-state index is -0.972. The maximum atomic E-state index is 12.6. The first-order valence-corrected chi connectivity index (χ1v) is 11.7. The fraction of sp³-hybridized carbons (Fsp3) is 0.423. The van der Waals surface area contributed by atoms with Crippen molar-refractivity contribution in [2.75, 3.05) is 13.2 Å². The summed E-state index contributed by atoms with van der Waals surface area (Å²) >= 11 is 0. The van der Waals surface area contributed by atoms with Gasteiger partial charge in [-0.25, -0.2) is 4.79 Å². The summed E-state index contributed by atoms with van der Waals surface area (Å²) in [5.74, 6) is -1.87. The average Bonchev–Trinajstić information content (AvgIpc) is 2.81. The van der Waals surface area contributed by atoms with Crippen molar-refractivity contribution in [2.24, 2.45) is 0 Å². The van der Waals surface area contributed by atoms with Gasteiger partial charge in [-0.05, 0) is 50.5 Å². The molecule has 0 bridgehead atoms. The molecule has 194 valence electrons. The van der Waals surface area contributed by atoms with Crippen LogP contribution in [0.15, 0.2) is 30.3 Å². The summed E-state index contributed by atoms with van der Waals surface area (Å²) in [6.45, 7) is 6.27. The molecule has 0 saturated carbocycles. The van der Waals surface area contributed by atoms with Crippen molar-refractivity contribution in [3.8, 4) is 11.5 Å². The van der Waals surface area contributed by atoms with Gasteiger partial charge in [0.05, 0.1) is 13.2 Å². The predicted molar refractivity (Wildman–Crippen MR) is 129 cm³/mol. The molecule has 0 spiro atoms. The third-order valence-electron chi connectivity index (χ3n) is 5.00. The molecule has 0 heterocycles. The Kier molecular flexibility index (Phi) is 10.9. The zero-order chi connectivity index (χ0) is 26.7. The molecular weight excluding hydrogens is 470 g/mol. The van der Waals surface area contributed by atoms with Crippen molar-refractivity contribution in [1.29, 1.82) is 0 Å². The van der Waals surface area contributed by atoms with Crippen molar-refractivity contribution in [3.05, 3.63) is 35.9 Å². The first kappa shape index (κ1) is 28.3. The molecule has 0 aliphatic rings. The predicted octanol–water partition coefficient (Wildman–Crippen LogP) is 3.01. The van der Waals surface area contributed by atoms with Crippen molar-refractivity contribution < 1.29 is 42.9 Å². The summed E-state index contributed by atoms with van der Waals surface area (Å²) in [6.07, 6.45) is 0.385. The lowest BCUT2D eigenvalue weighted by molar-refractivity contribution is -0.149.